The Kier molecular flexibility index (Phi) is 3.83. The van der Waals surface area contributed by atoms with Crippen LogP contribution in [0.1, 0.15) is 11.1 Å². The normalized spacial score (nSPS) is 16.0. The van der Waals surface area contributed by atoms with Crippen LogP contribution in [0.4, 0.5) is 4.39 Å². The summed E-state index contributed by atoms with van der Waals surface area (Å²) in [6, 6.07) is 13.6. The van der Waals surface area contributed by atoms with Gasteiger partial charge in [-0.25, -0.2) is 14.2 Å². The smallest absolute Gasteiger partial charge is 0.363 e. The number of esters is 1. The Hall–Kier alpha value is -2.02. The van der Waals surface area contributed by atoms with Gasteiger partial charge in [0.05, 0.1) is 5.56 Å². The summed E-state index contributed by atoms with van der Waals surface area (Å²) in [6.45, 7) is 0. The Bertz CT molecular complexity index is 766. The van der Waals surface area contributed by atoms with E-state index < -0.39 is 11.8 Å². The maximum Gasteiger partial charge on any atom is 0.363 e. The van der Waals surface area contributed by atoms with Crippen molar-refractivity contribution in [2.24, 2.45) is 4.99 Å². The minimum Gasteiger partial charge on any atom is -0.402 e. The lowest BCUT2D eigenvalue weighted by molar-refractivity contribution is -0.129. The molecule has 0 radical (unpaired) electrons. The largest absolute Gasteiger partial charge is 0.402 e. The van der Waals surface area contributed by atoms with Gasteiger partial charge in [-0.1, -0.05) is 24.3 Å². The summed E-state index contributed by atoms with van der Waals surface area (Å²) in [4.78, 5) is 15.9. The fraction of sp³-hybridized carbons (Fsp3) is 0. The molecule has 1 aliphatic heterocycles. The summed E-state index contributed by atoms with van der Waals surface area (Å²) < 4.78 is 19.8. The van der Waals surface area contributed by atoms with Gasteiger partial charge in [0.2, 0.25) is 5.90 Å². The van der Waals surface area contributed by atoms with Crippen molar-refractivity contribution >= 4 is 40.5 Å². The van der Waals surface area contributed by atoms with E-state index >= 15 is 0 Å². The molecule has 5 heteroatoms. The molecule has 3 nitrogen and oxygen atoms in total. The molecule has 3 rings (SSSR count). The lowest BCUT2D eigenvalue weighted by Gasteiger charge is -1.99. The third kappa shape index (κ3) is 3.02. The van der Waals surface area contributed by atoms with Crippen molar-refractivity contribution in [1.29, 1.82) is 0 Å². The van der Waals surface area contributed by atoms with Crippen LogP contribution in [0, 0.1) is 9.39 Å². The standard InChI is InChI=1S/C16H9FINO2/c17-13-4-2-1-3-12(13)15-19-14(16(20)21-15)9-10-5-7-11(18)8-6-10/h1-9H/b14-9+. The van der Waals surface area contributed by atoms with E-state index in [1.807, 2.05) is 24.3 Å². The molecule has 0 unspecified atom stereocenters. The quantitative estimate of drug-likeness (QED) is 0.443. The molecule has 21 heavy (non-hydrogen) atoms. The summed E-state index contributed by atoms with van der Waals surface area (Å²) >= 11 is 2.20. The second kappa shape index (κ2) is 5.77. The van der Waals surface area contributed by atoms with Crippen LogP contribution in [0.3, 0.4) is 0 Å². The van der Waals surface area contributed by atoms with Crippen molar-refractivity contribution in [3.05, 3.63) is 74.7 Å². The summed E-state index contributed by atoms with van der Waals surface area (Å²) in [6.07, 6.45) is 1.62. The van der Waals surface area contributed by atoms with Crippen LogP contribution < -0.4 is 0 Å². The van der Waals surface area contributed by atoms with Gasteiger partial charge in [0.1, 0.15) is 5.82 Å². The Balaban J connectivity index is 1.96. The number of carbonyl (C=O) groups excluding carboxylic acids is 1. The Morgan fingerprint density at radius 2 is 1.81 bits per heavy atom. The van der Waals surface area contributed by atoms with Crippen molar-refractivity contribution in [2.45, 2.75) is 0 Å². The van der Waals surface area contributed by atoms with Gasteiger partial charge in [-0.15, -0.1) is 0 Å². The van der Waals surface area contributed by atoms with Crippen LogP contribution in [0.25, 0.3) is 6.08 Å². The number of rotatable bonds is 2. The van der Waals surface area contributed by atoms with Crippen molar-refractivity contribution < 1.29 is 13.9 Å². The second-order valence-corrected chi connectivity index (χ2v) is 5.61. The van der Waals surface area contributed by atoms with Crippen molar-refractivity contribution in [3.8, 4) is 0 Å². The van der Waals surface area contributed by atoms with Crippen LogP contribution in [0.5, 0.6) is 0 Å². The van der Waals surface area contributed by atoms with E-state index in [4.69, 9.17) is 4.74 Å². The van der Waals surface area contributed by atoms with Crippen LogP contribution in [-0.2, 0) is 9.53 Å². The lowest BCUT2D eigenvalue weighted by atomic mass is 10.2. The zero-order valence-corrected chi connectivity index (χ0v) is 12.9. The van der Waals surface area contributed by atoms with E-state index in [0.29, 0.717) is 0 Å². The van der Waals surface area contributed by atoms with Crippen molar-refractivity contribution in [2.75, 3.05) is 0 Å². The third-order valence-corrected chi connectivity index (χ3v) is 3.62. The number of nitrogens with zero attached hydrogens (tertiary/aromatic N) is 1. The molecule has 104 valence electrons. The minimum atomic E-state index is -0.577. The first kappa shape index (κ1) is 13.9. The Morgan fingerprint density at radius 3 is 2.52 bits per heavy atom. The molecular weight excluding hydrogens is 384 g/mol. The number of ether oxygens (including phenoxy) is 1. The first-order valence-corrected chi connectivity index (χ1v) is 7.24. The van der Waals surface area contributed by atoms with E-state index in [0.717, 1.165) is 9.13 Å². The van der Waals surface area contributed by atoms with Crippen molar-refractivity contribution in [3.63, 3.8) is 0 Å². The number of aliphatic imine (C=N–C) groups is 1. The van der Waals surface area contributed by atoms with Gasteiger partial charge in [0.25, 0.3) is 0 Å². The zero-order valence-electron chi connectivity index (χ0n) is 10.7. The highest BCUT2D eigenvalue weighted by Gasteiger charge is 2.25. The molecule has 2 aromatic rings. The fourth-order valence-electron chi connectivity index (χ4n) is 1.88. The van der Waals surface area contributed by atoms with E-state index in [-0.39, 0.29) is 17.2 Å². The topological polar surface area (TPSA) is 38.7 Å². The molecule has 0 atom stereocenters. The molecule has 0 saturated carbocycles. The number of cyclic esters (lactones) is 1. The summed E-state index contributed by atoms with van der Waals surface area (Å²) in [5.41, 5.74) is 1.17. The predicted molar refractivity (Wildman–Crippen MR) is 86.2 cm³/mol. The van der Waals surface area contributed by atoms with Gasteiger partial charge in [-0.05, 0) is 58.5 Å². The van der Waals surface area contributed by atoms with E-state index in [1.165, 1.54) is 12.1 Å². The number of halogens is 2. The first-order chi connectivity index (χ1) is 10.1. The van der Waals surface area contributed by atoms with E-state index in [9.17, 15) is 9.18 Å². The predicted octanol–water partition coefficient (Wildman–Crippen LogP) is 3.77. The highest BCUT2D eigenvalue weighted by molar-refractivity contribution is 14.1. The molecule has 0 aromatic heterocycles. The van der Waals surface area contributed by atoms with Crippen LogP contribution in [0.15, 0.2) is 59.2 Å². The molecule has 1 heterocycles. The molecule has 0 fully saturated rings. The molecular formula is C16H9FINO2. The maximum atomic E-state index is 13.7. The van der Waals surface area contributed by atoms with Crippen LogP contribution >= 0.6 is 22.6 Å². The zero-order chi connectivity index (χ0) is 14.8. The number of hydrogen-bond acceptors (Lipinski definition) is 3. The monoisotopic (exact) mass is 393 g/mol. The van der Waals surface area contributed by atoms with Gasteiger partial charge >= 0.3 is 5.97 Å². The molecule has 0 spiro atoms. The highest BCUT2D eigenvalue weighted by atomic mass is 127. The molecule has 1 aliphatic rings. The molecule has 2 aromatic carbocycles. The van der Waals surface area contributed by atoms with Crippen LogP contribution in [-0.4, -0.2) is 11.9 Å². The van der Waals surface area contributed by atoms with Gasteiger partial charge < -0.3 is 4.74 Å². The van der Waals surface area contributed by atoms with Crippen molar-refractivity contribution in [1.82, 2.24) is 0 Å². The van der Waals surface area contributed by atoms with Gasteiger partial charge in [-0.3, -0.25) is 0 Å². The average molecular weight is 393 g/mol. The highest BCUT2D eigenvalue weighted by Crippen LogP contribution is 2.20. The molecule has 0 bridgehead atoms. The van der Waals surface area contributed by atoms with Crippen LogP contribution in [0.2, 0.25) is 0 Å². The fourth-order valence-corrected chi connectivity index (χ4v) is 2.24. The Labute approximate surface area is 134 Å². The molecule has 0 aliphatic carbocycles. The van der Waals surface area contributed by atoms with Gasteiger partial charge in [0.15, 0.2) is 5.70 Å². The molecule has 0 saturated heterocycles. The van der Waals surface area contributed by atoms with E-state index in [2.05, 4.69) is 27.6 Å². The molecule has 0 amide bonds. The van der Waals surface area contributed by atoms with Gasteiger partial charge in [0, 0.05) is 3.57 Å². The number of carbonyl (C=O) groups is 1. The lowest BCUT2D eigenvalue weighted by Crippen LogP contribution is -2.07. The van der Waals surface area contributed by atoms with E-state index in [1.54, 1.807) is 18.2 Å². The van der Waals surface area contributed by atoms with Gasteiger partial charge in [-0.2, -0.15) is 0 Å². The summed E-state index contributed by atoms with van der Waals surface area (Å²) in [7, 11) is 0. The Morgan fingerprint density at radius 1 is 1.10 bits per heavy atom. The second-order valence-electron chi connectivity index (χ2n) is 4.37. The summed E-state index contributed by atoms with van der Waals surface area (Å²) in [5.74, 6) is -1.05. The summed E-state index contributed by atoms with van der Waals surface area (Å²) in [5, 5.41) is 0. The molecule has 0 N–H and O–H groups in total. The number of benzene rings is 2. The maximum absolute atomic E-state index is 13.7. The average Bonchev–Trinajstić information content (AvgIpc) is 2.83. The minimum absolute atomic E-state index is 0.00476. The third-order valence-electron chi connectivity index (χ3n) is 2.90. The number of hydrogen-bond donors (Lipinski definition) is 0. The SMILES string of the molecule is O=C1OC(c2ccccc2F)=N/C1=C/c1ccc(I)cc1. The first-order valence-electron chi connectivity index (χ1n) is 6.16.